The molecule has 0 aliphatic rings. The first kappa shape index (κ1) is 72.7. The maximum atomic E-state index is 6.43. The SMILES string of the molecule is Cc1c(-c2c3scc(C(C)C)c3nc[n+]2C)ccc2c1oc1ccc3ccccc3c12.Cc1c(-c2c3sccc3nc[n+]2C)ccc2c1oc1ccc3ccccc3c12.Cc1csc2c(-c3ccc4c(oc5ccc6ccccc6c54)c3C)[n+](C)cnc12.Cc1sc2c(-c3ccc4c(oc5ccc6ccccc6c54)c3C)[n+](C)cnc2c1C. The zero-order chi connectivity index (χ0) is 80.4. The second-order valence-corrected chi connectivity index (χ2v) is 35.4. The first-order valence-electron chi connectivity index (χ1n) is 39.7. The van der Waals surface area contributed by atoms with Gasteiger partial charge in [-0.05, 0) is 206 Å². The lowest BCUT2D eigenvalue weighted by Gasteiger charge is -2.08. The fourth-order valence-corrected chi connectivity index (χ4v) is 22.6. The van der Waals surface area contributed by atoms with E-state index in [4.69, 9.17) is 27.6 Å². The molecule has 12 heterocycles. The topological polar surface area (TPSA) is 120 Å². The summed E-state index contributed by atoms with van der Waals surface area (Å²) in [6.07, 6.45) is 7.66. The lowest BCUT2D eigenvalue weighted by atomic mass is 9.98. The van der Waals surface area contributed by atoms with Crippen LogP contribution in [-0.2, 0) is 28.2 Å². The highest BCUT2D eigenvalue weighted by atomic mass is 32.1. The normalized spacial score (nSPS) is 12.0. The molecule has 0 amide bonds. The number of nitrogens with zero attached hydrogens (tertiary/aromatic N) is 8. The molecule has 24 aromatic rings. The zero-order valence-electron chi connectivity index (χ0n) is 67.5. The lowest BCUT2D eigenvalue weighted by Crippen LogP contribution is -2.31. The van der Waals surface area contributed by atoms with Gasteiger partial charge in [0.2, 0.25) is 11.0 Å². The molecule has 0 spiro atoms. The molecule has 0 aliphatic carbocycles. The molecule has 0 saturated heterocycles. The van der Waals surface area contributed by atoms with Crippen LogP contribution in [0.4, 0.5) is 0 Å². The second-order valence-electron chi connectivity index (χ2n) is 31.5. The van der Waals surface area contributed by atoms with Gasteiger partial charge in [0.25, 0.3) is 25.3 Å². The summed E-state index contributed by atoms with van der Waals surface area (Å²) in [5.74, 6) is 0.453. The molecule has 118 heavy (non-hydrogen) atoms. The molecule has 0 saturated carbocycles. The first-order chi connectivity index (χ1) is 57.4. The highest BCUT2D eigenvalue weighted by Gasteiger charge is 2.30. The Labute approximate surface area is 694 Å². The van der Waals surface area contributed by atoms with Crippen molar-refractivity contribution in [3.8, 4) is 45.0 Å². The molecule has 12 aromatic carbocycles. The third-order valence-corrected chi connectivity index (χ3v) is 28.4. The Morgan fingerprint density at radius 3 is 1.04 bits per heavy atom. The number of aryl methyl sites for hydroxylation is 11. The molecule has 0 atom stereocenters. The highest BCUT2D eigenvalue weighted by molar-refractivity contribution is 7.20. The van der Waals surface area contributed by atoms with Crippen LogP contribution in [0, 0.1) is 48.5 Å². The summed E-state index contributed by atoms with van der Waals surface area (Å²) in [6.45, 7) is 19.6. The quantitative estimate of drug-likeness (QED) is 0.156. The third-order valence-electron chi connectivity index (χ3n) is 24.2. The molecule has 0 aliphatic heterocycles. The van der Waals surface area contributed by atoms with E-state index in [9.17, 15) is 0 Å². The minimum absolute atomic E-state index is 0.453. The molecule has 0 bridgehead atoms. The van der Waals surface area contributed by atoms with Crippen LogP contribution in [0.2, 0.25) is 0 Å². The van der Waals surface area contributed by atoms with Crippen LogP contribution in [0.1, 0.15) is 63.6 Å². The zero-order valence-corrected chi connectivity index (χ0v) is 70.8. The van der Waals surface area contributed by atoms with Crippen molar-refractivity contribution in [1.82, 2.24) is 19.9 Å². The van der Waals surface area contributed by atoms with Gasteiger partial charge in [0.1, 0.15) is 63.5 Å². The van der Waals surface area contributed by atoms with Gasteiger partial charge < -0.3 is 17.7 Å². The van der Waals surface area contributed by atoms with E-state index in [0.717, 1.165) is 77.9 Å². The number of hydrogen-bond acceptors (Lipinski definition) is 12. The van der Waals surface area contributed by atoms with E-state index in [0.29, 0.717) is 5.92 Å². The molecule has 12 nitrogen and oxygen atoms in total. The molecule has 16 heteroatoms. The smallest absolute Gasteiger partial charge is 0.287 e. The van der Waals surface area contributed by atoms with Crippen molar-refractivity contribution in [2.24, 2.45) is 28.2 Å². The van der Waals surface area contributed by atoms with Crippen LogP contribution < -0.4 is 18.3 Å². The molecule has 0 radical (unpaired) electrons. The first-order valence-corrected chi connectivity index (χ1v) is 43.2. The Morgan fingerprint density at radius 1 is 0.305 bits per heavy atom. The summed E-state index contributed by atoms with van der Waals surface area (Å²) in [6, 6.07) is 70.8. The summed E-state index contributed by atoms with van der Waals surface area (Å²) in [4.78, 5) is 20.0. The predicted octanol–water partition coefficient (Wildman–Crippen LogP) is 26.6. The van der Waals surface area contributed by atoms with Gasteiger partial charge in [-0.3, -0.25) is 0 Å². The Hall–Kier alpha value is -13.0. The predicted molar refractivity (Wildman–Crippen MR) is 491 cm³/mol. The van der Waals surface area contributed by atoms with Crippen LogP contribution in [0.15, 0.2) is 259 Å². The molecule has 24 rings (SSSR count). The van der Waals surface area contributed by atoms with Crippen LogP contribution >= 0.6 is 45.3 Å². The van der Waals surface area contributed by atoms with E-state index in [2.05, 4.69) is 335 Å². The van der Waals surface area contributed by atoms with Crippen LogP contribution in [0.3, 0.4) is 0 Å². The van der Waals surface area contributed by atoms with Gasteiger partial charge in [0, 0.05) is 115 Å². The van der Waals surface area contributed by atoms with E-state index in [1.54, 1.807) is 34.0 Å². The van der Waals surface area contributed by atoms with E-state index in [1.165, 1.54) is 183 Å². The second kappa shape index (κ2) is 28.2. The minimum atomic E-state index is 0.453. The average molecular weight is 1610 g/mol. The lowest BCUT2D eigenvalue weighted by molar-refractivity contribution is -0.662. The van der Waals surface area contributed by atoms with E-state index >= 15 is 0 Å². The molecular weight excluding hydrogens is 1530 g/mol. The standard InChI is InChI=1S/C27H23N2OS.C26H21N2OS.C25H19N2OS.C24H17N2OS/c1-15(2)21-13-31-27-24(21)28-14-29(4)25(27)18-10-11-20-23-19-8-6-5-7-17(19)9-12-22(23)30-26(20)16(18)3;1-14-16(3)30-26-23(14)27-13-28(4)24(26)18-10-11-20-22-19-8-6-5-7-17(19)9-12-21(22)29-25(20)15(18)2;1-14-12-29-25-22(14)26-13-27(3)23(25)17-9-10-19-21-18-7-5-4-6-16(18)8-11-20(21)28-24(19)15(17)2;1-14-16(22-24-19(11-12-28-24)25-13-26(22)2)8-9-18-21-17-6-4-3-5-15(17)7-10-20(21)27-23(14)18/h5-15H,1-4H3;5-13H,1-4H3;4-13H,1-3H3;3-13H,1-2H3/q4*+1. The van der Waals surface area contributed by atoms with Crippen LogP contribution in [-0.4, -0.2) is 19.9 Å². The number of aromatic nitrogens is 8. The molecule has 0 unspecified atom stereocenters. The molecule has 572 valence electrons. The van der Waals surface area contributed by atoms with Gasteiger partial charge in [-0.25, -0.2) is 18.3 Å². The Balaban J connectivity index is 0.0000000979. The van der Waals surface area contributed by atoms with Crippen molar-refractivity contribution in [2.75, 3.05) is 0 Å². The van der Waals surface area contributed by atoms with Crippen molar-refractivity contribution in [2.45, 2.75) is 68.2 Å². The van der Waals surface area contributed by atoms with E-state index in [-0.39, 0.29) is 0 Å². The number of fused-ring (bicyclic) bond motifs is 24. The fraction of sp³-hybridized carbons (Fsp3) is 0.137. The van der Waals surface area contributed by atoms with Crippen molar-refractivity contribution in [1.29, 1.82) is 0 Å². The van der Waals surface area contributed by atoms with E-state index < -0.39 is 0 Å². The average Bonchev–Trinajstić information content (AvgIpc) is 1.57. The van der Waals surface area contributed by atoms with Gasteiger partial charge in [0.15, 0.2) is 33.8 Å². The maximum absolute atomic E-state index is 6.43. The van der Waals surface area contributed by atoms with Gasteiger partial charge in [-0.2, -0.15) is 0 Å². The Bertz CT molecular complexity index is 8350. The van der Waals surface area contributed by atoms with Crippen LogP contribution in [0.25, 0.3) is 217 Å². The molecule has 0 N–H and O–H groups in total. The van der Waals surface area contributed by atoms with Crippen molar-refractivity contribution in [3.05, 3.63) is 285 Å². The summed E-state index contributed by atoms with van der Waals surface area (Å²) in [5, 5.41) is 25.9. The van der Waals surface area contributed by atoms with Gasteiger partial charge in [-0.1, -0.05) is 135 Å². The van der Waals surface area contributed by atoms with Crippen molar-refractivity contribution >= 4 is 217 Å². The fourth-order valence-electron chi connectivity index (χ4n) is 18.1. The number of thiophene rings is 4. The molecule has 0 fully saturated rings. The van der Waals surface area contributed by atoms with Crippen molar-refractivity contribution < 1.29 is 35.9 Å². The number of furan rings is 4. The summed E-state index contributed by atoms with van der Waals surface area (Å²) in [7, 11) is 8.26. The van der Waals surface area contributed by atoms with Gasteiger partial charge >= 0.3 is 0 Å². The van der Waals surface area contributed by atoms with Gasteiger partial charge in [0.05, 0.1) is 28.2 Å². The van der Waals surface area contributed by atoms with Gasteiger partial charge in [-0.15, -0.1) is 45.3 Å². The maximum Gasteiger partial charge on any atom is 0.287 e. The molecule has 12 aromatic heterocycles. The summed E-state index contributed by atoms with van der Waals surface area (Å²) < 4.78 is 39.0. The molecular formula is C102H80N8O4S4+4. The Kier molecular flexibility index (Phi) is 17.4. The van der Waals surface area contributed by atoms with E-state index in [1.807, 2.05) is 36.6 Å². The largest absolute Gasteiger partial charge is 0.456 e. The summed E-state index contributed by atoms with van der Waals surface area (Å²) >= 11 is 7.09. The third kappa shape index (κ3) is 11.4. The highest BCUT2D eigenvalue weighted by Crippen LogP contribution is 2.47. The summed E-state index contributed by atoms with van der Waals surface area (Å²) in [5.41, 5.74) is 30.0. The number of rotatable bonds is 5. The Morgan fingerprint density at radius 2 is 0.644 bits per heavy atom. The number of benzene rings is 12. The monoisotopic (exact) mass is 1610 g/mol. The minimum Gasteiger partial charge on any atom is -0.456 e. The van der Waals surface area contributed by atoms with Crippen LogP contribution in [0.5, 0.6) is 0 Å². The number of hydrogen-bond donors (Lipinski definition) is 0. The van der Waals surface area contributed by atoms with Crippen molar-refractivity contribution in [3.63, 3.8) is 0 Å².